The van der Waals surface area contributed by atoms with Crippen molar-refractivity contribution in [3.63, 3.8) is 0 Å². The Kier molecular flexibility index (Phi) is 7.67. The van der Waals surface area contributed by atoms with E-state index in [1.807, 2.05) is 27.2 Å². The molecule has 0 saturated heterocycles. The topological polar surface area (TPSA) is 55.3 Å². The first kappa shape index (κ1) is 17.9. The number of aryl methyl sites for hydroxylation is 2. The van der Waals surface area contributed by atoms with Crippen molar-refractivity contribution in [3.8, 4) is 0 Å². The number of carbonyl (C=O) groups is 1. The highest BCUT2D eigenvalue weighted by atomic mass is 32.2. The van der Waals surface area contributed by atoms with Crippen molar-refractivity contribution in [1.29, 1.82) is 0 Å². The van der Waals surface area contributed by atoms with Crippen LogP contribution in [0.1, 0.15) is 29.8 Å². The predicted octanol–water partition coefficient (Wildman–Crippen LogP) is 2.24. The van der Waals surface area contributed by atoms with Crippen LogP contribution in [-0.2, 0) is 16.0 Å². The van der Waals surface area contributed by atoms with Gasteiger partial charge in [0.1, 0.15) is 0 Å². The largest absolute Gasteiger partial charge is 0.385 e. The molecule has 0 atom stereocenters. The summed E-state index contributed by atoms with van der Waals surface area (Å²) in [5, 5.41) is 0.789. The zero-order chi connectivity index (χ0) is 15.8. The number of rotatable bonds is 8. The molecule has 0 aliphatic heterocycles. The molecule has 5 nitrogen and oxygen atoms in total. The Morgan fingerprint density at radius 3 is 2.43 bits per heavy atom. The van der Waals surface area contributed by atoms with E-state index in [2.05, 4.69) is 9.97 Å². The van der Waals surface area contributed by atoms with Gasteiger partial charge in [0.05, 0.1) is 0 Å². The van der Waals surface area contributed by atoms with E-state index in [1.54, 1.807) is 12.0 Å². The summed E-state index contributed by atoms with van der Waals surface area (Å²) in [5.41, 5.74) is 3.04. The lowest BCUT2D eigenvalue weighted by atomic mass is 10.1. The van der Waals surface area contributed by atoms with Gasteiger partial charge in [-0.05, 0) is 38.5 Å². The quantitative estimate of drug-likeness (QED) is 0.419. The molecule has 1 heterocycles. The van der Waals surface area contributed by atoms with Crippen molar-refractivity contribution in [2.24, 2.45) is 0 Å². The molecule has 1 rings (SSSR count). The van der Waals surface area contributed by atoms with Crippen molar-refractivity contribution >= 4 is 17.7 Å². The number of amides is 1. The van der Waals surface area contributed by atoms with Gasteiger partial charge in [0.15, 0.2) is 5.16 Å². The maximum absolute atomic E-state index is 12.1. The van der Waals surface area contributed by atoms with E-state index in [9.17, 15) is 4.79 Å². The molecule has 6 heteroatoms. The first-order chi connectivity index (χ1) is 9.99. The monoisotopic (exact) mass is 311 g/mol. The molecule has 0 saturated carbocycles. The fraction of sp³-hybridized carbons (Fsp3) is 0.667. The van der Waals surface area contributed by atoms with E-state index in [0.29, 0.717) is 19.4 Å². The van der Waals surface area contributed by atoms with Crippen molar-refractivity contribution in [1.82, 2.24) is 14.9 Å². The second kappa shape index (κ2) is 9.00. The fourth-order valence-corrected chi connectivity index (χ4v) is 2.61. The van der Waals surface area contributed by atoms with Crippen molar-refractivity contribution in [2.45, 2.75) is 38.3 Å². The molecule has 0 spiro atoms. The SMILES string of the molecule is COCCCN(C)C(=O)CCc1c(C)nc(SC)nc1C. The van der Waals surface area contributed by atoms with Crippen LogP contribution in [0.3, 0.4) is 0 Å². The summed E-state index contributed by atoms with van der Waals surface area (Å²) in [4.78, 5) is 22.8. The van der Waals surface area contributed by atoms with Gasteiger partial charge < -0.3 is 9.64 Å². The maximum Gasteiger partial charge on any atom is 0.222 e. The normalized spacial score (nSPS) is 10.7. The minimum atomic E-state index is 0.152. The van der Waals surface area contributed by atoms with Crippen LogP contribution in [-0.4, -0.2) is 54.3 Å². The molecule has 21 heavy (non-hydrogen) atoms. The van der Waals surface area contributed by atoms with Crippen LogP contribution in [0.4, 0.5) is 0 Å². The molecule has 0 aliphatic carbocycles. The summed E-state index contributed by atoms with van der Waals surface area (Å²) in [6.07, 6.45) is 4.02. The van der Waals surface area contributed by atoms with E-state index in [-0.39, 0.29) is 5.91 Å². The first-order valence-corrected chi connectivity index (χ1v) is 8.33. The van der Waals surface area contributed by atoms with Crippen molar-refractivity contribution < 1.29 is 9.53 Å². The van der Waals surface area contributed by atoms with Crippen LogP contribution in [0.2, 0.25) is 0 Å². The second-order valence-electron chi connectivity index (χ2n) is 5.02. The van der Waals surface area contributed by atoms with Gasteiger partial charge >= 0.3 is 0 Å². The van der Waals surface area contributed by atoms with Gasteiger partial charge in [-0.25, -0.2) is 9.97 Å². The van der Waals surface area contributed by atoms with Gasteiger partial charge in [-0.3, -0.25) is 4.79 Å². The first-order valence-electron chi connectivity index (χ1n) is 7.10. The number of nitrogens with zero attached hydrogens (tertiary/aromatic N) is 3. The van der Waals surface area contributed by atoms with Crippen molar-refractivity contribution in [3.05, 3.63) is 17.0 Å². The average Bonchev–Trinajstić information content (AvgIpc) is 2.45. The van der Waals surface area contributed by atoms with Gasteiger partial charge in [-0.15, -0.1) is 0 Å². The molecule has 1 aromatic heterocycles. The molecule has 0 unspecified atom stereocenters. The highest BCUT2D eigenvalue weighted by Crippen LogP contribution is 2.17. The Morgan fingerprint density at radius 2 is 1.90 bits per heavy atom. The van der Waals surface area contributed by atoms with Crippen LogP contribution >= 0.6 is 11.8 Å². The molecule has 0 aromatic carbocycles. The fourth-order valence-electron chi connectivity index (χ4n) is 2.16. The van der Waals surface area contributed by atoms with E-state index in [4.69, 9.17) is 4.74 Å². The van der Waals surface area contributed by atoms with E-state index in [0.717, 1.165) is 35.1 Å². The minimum absolute atomic E-state index is 0.152. The van der Waals surface area contributed by atoms with E-state index < -0.39 is 0 Å². The summed E-state index contributed by atoms with van der Waals surface area (Å²) >= 11 is 1.54. The number of carbonyl (C=O) groups excluding carboxylic acids is 1. The molecule has 118 valence electrons. The van der Waals surface area contributed by atoms with E-state index >= 15 is 0 Å². The zero-order valence-corrected chi connectivity index (χ0v) is 14.4. The van der Waals surface area contributed by atoms with Gasteiger partial charge in [0.25, 0.3) is 0 Å². The third kappa shape index (κ3) is 5.63. The van der Waals surface area contributed by atoms with Crippen molar-refractivity contribution in [2.75, 3.05) is 33.6 Å². The standard InChI is InChI=1S/C15H25N3O2S/c1-11-13(12(2)17-15(16-11)21-5)7-8-14(19)18(3)9-6-10-20-4/h6-10H2,1-5H3. The molecular formula is C15H25N3O2S. The van der Waals surface area contributed by atoms with Crippen LogP contribution in [0.25, 0.3) is 0 Å². The number of aromatic nitrogens is 2. The Bertz CT molecular complexity index is 457. The van der Waals surface area contributed by atoms with E-state index in [1.165, 1.54) is 11.8 Å². The third-order valence-corrected chi connectivity index (χ3v) is 3.99. The number of hydrogen-bond donors (Lipinski definition) is 0. The summed E-state index contributed by atoms with van der Waals surface area (Å²) in [5.74, 6) is 0.152. The summed E-state index contributed by atoms with van der Waals surface area (Å²) < 4.78 is 5.00. The van der Waals surface area contributed by atoms with Crippen LogP contribution in [0, 0.1) is 13.8 Å². The van der Waals surface area contributed by atoms with Gasteiger partial charge in [-0.1, -0.05) is 11.8 Å². The summed E-state index contributed by atoms with van der Waals surface area (Å²) in [6.45, 7) is 5.37. The number of methoxy groups -OCH3 is 1. The predicted molar refractivity (Wildman–Crippen MR) is 85.7 cm³/mol. The highest BCUT2D eigenvalue weighted by molar-refractivity contribution is 7.98. The van der Waals surface area contributed by atoms with Crippen LogP contribution in [0.15, 0.2) is 5.16 Å². The minimum Gasteiger partial charge on any atom is -0.385 e. The smallest absolute Gasteiger partial charge is 0.222 e. The van der Waals surface area contributed by atoms with Gasteiger partial charge in [0.2, 0.25) is 5.91 Å². The van der Waals surface area contributed by atoms with Gasteiger partial charge in [0, 0.05) is 45.1 Å². The lowest BCUT2D eigenvalue weighted by Crippen LogP contribution is -2.28. The Balaban J connectivity index is 2.57. The molecule has 1 amide bonds. The molecule has 1 aromatic rings. The lowest BCUT2D eigenvalue weighted by molar-refractivity contribution is -0.130. The van der Waals surface area contributed by atoms with Crippen LogP contribution < -0.4 is 0 Å². The Hall–Kier alpha value is -1.14. The Labute approximate surface area is 131 Å². The maximum atomic E-state index is 12.1. The average molecular weight is 311 g/mol. The molecule has 0 bridgehead atoms. The van der Waals surface area contributed by atoms with Gasteiger partial charge in [-0.2, -0.15) is 0 Å². The molecule has 0 fully saturated rings. The lowest BCUT2D eigenvalue weighted by Gasteiger charge is -2.17. The molecule has 0 N–H and O–H groups in total. The molecular weight excluding hydrogens is 286 g/mol. The number of ether oxygens (including phenoxy) is 1. The number of hydrogen-bond acceptors (Lipinski definition) is 5. The highest BCUT2D eigenvalue weighted by Gasteiger charge is 2.13. The Morgan fingerprint density at radius 1 is 1.29 bits per heavy atom. The zero-order valence-electron chi connectivity index (χ0n) is 13.6. The molecule has 0 aliphatic rings. The molecule has 0 radical (unpaired) electrons. The van der Waals surface area contributed by atoms with Crippen LogP contribution in [0.5, 0.6) is 0 Å². The second-order valence-corrected chi connectivity index (χ2v) is 5.79. The third-order valence-electron chi connectivity index (χ3n) is 3.44. The number of thioether (sulfide) groups is 1. The summed E-state index contributed by atoms with van der Waals surface area (Å²) in [6, 6.07) is 0. The summed E-state index contributed by atoms with van der Waals surface area (Å²) in [7, 11) is 3.51.